The Morgan fingerprint density at radius 1 is 0.793 bits per heavy atom. The number of ether oxygens (including phenoxy) is 1. The number of anilines is 1. The maximum atomic E-state index is 12.3. The van der Waals surface area contributed by atoms with E-state index in [1.54, 1.807) is 0 Å². The second kappa shape index (κ2) is 10.7. The maximum absolute atomic E-state index is 12.3. The number of hydrogen-bond donors (Lipinski definition) is 2. The van der Waals surface area contributed by atoms with Crippen molar-refractivity contribution in [2.75, 3.05) is 11.9 Å². The van der Waals surface area contributed by atoms with E-state index in [1.165, 1.54) is 0 Å². The van der Waals surface area contributed by atoms with Crippen molar-refractivity contribution in [2.45, 2.75) is 19.4 Å². The summed E-state index contributed by atoms with van der Waals surface area (Å²) in [5.41, 5.74) is 3.73. The van der Waals surface area contributed by atoms with Crippen LogP contribution in [0.1, 0.15) is 18.4 Å². The Balaban J connectivity index is 1.40. The monoisotopic (exact) mass is 388 g/mol. The minimum Gasteiger partial charge on any atom is -0.445 e. The summed E-state index contributed by atoms with van der Waals surface area (Å²) in [5.74, 6) is -0.0900. The molecule has 0 radical (unpaired) electrons. The number of para-hydroxylation sites is 1. The van der Waals surface area contributed by atoms with Gasteiger partial charge >= 0.3 is 6.09 Å². The molecule has 3 rings (SSSR count). The Bertz CT molecular complexity index is 927. The molecule has 0 aliphatic rings. The average molecular weight is 388 g/mol. The molecular formula is C24H24N2O3. The van der Waals surface area contributed by atoms with Gasteiger partial charge in [-0.25, -0.2) is 4.79 Å². The van der Waals surface area contributed by atoms with E-state index < -0.39 is 6.09 Å². The van der Waals surface area contributed by atoms with Crippen LogP contribution in [0.4, 0.5) is 10.5 Å². The van der Waals surface area contributed by atoms with Gasteiger partial charge in [0.05, 0.1) is 0 Å². The lowest BCUT2D eigenvalue weighted by Gasteiger charge is -2.11. The highest BCUT2D eigenvalue weighted by molar-refractivity contribution is 5.95. The molecule has 0 fully saturated rings. The molecule has 0 unspecified atom stereocenters. The van der Waals surface area contributed by atoms with Crippen LogP contribution in [-0.2, 0) is 16.1 Å². The van der Waals surface area contributed by atoms with E-state index >= 15 is 0 Å². The van der Waals surface area contributed by atoms with Gasteiger partial charge in [0.1, 0.15) is 6.61 Å². The average Bonchev–Trinajstić information content (AvgIpc) is 2.77. The largest absolute Gasteiger partial charge is 0.445 e. The molecule has 2 N–H and O–H groups in total. The Labute approximate surface area is 170 Å². The third kappa shape index (κ3) is 6.50. The van der Waals surface area contributed by atoms with Gasteiger partial charge in [0.25, 0.3) is 0 Å². The summed E-state index contributed by atoms with van der Waals surface area (Å²) in [6.07, 6.45) is 0.352. The second-order valence-corrected chi connectivity index (χ2v) is 6.55. The third-order valence-electron chi connectivity index (χ3n) is 4.35. The van der Waals surface area contributed by atoms with Gasteiger partial charge in [-0.2, -0.15) is 0 Å². The molecule has 5 nitrogen and oxygen atoms in total. The van der Waals surface area contributed by atoms with E-state index in [4.69, 9.17) is 4.74 Å². The minimum atomic E-state index is -0.483. The summed E-state index contributed by atoms with van der Waals surface area (Å²) < 4.78 is 5.14. The Kier molecular flexibility index (Phi) is 7.41. The fraction of sp³-hybridized carbons (Fsp3) is 0.167. The van der Waals surface area contributed by atoms with Gasteiger partial charge in [0.2, 0.25) is 5.91 Å². The molecule has 2 amide bonds. The van der Waals surface area contributed by atoms with Crippen LogP contribution in [0, 0.1) is 0 Å². The molecule has 148 valence electrons. The van der Waals surface area contributed by atoms with E-state index in [1.807, 2.05) is 84.9 Å². The molecule has 3 aromatic rings. The van der Waals surface area contributed by atoms with Gasteiger partial charge in [-0.3, -0.25) is 4.79 Å². The molecule has 5 heteroatoms. The van der Waals surface area contributed by atoms with Gasteiger partial charge in [-0.1, -0.05) is 78.9 Å². The molecular weight excluding hydrogens is 364 g/mol. The number of rotatable bonds is 8. The first-order chi connectivity index (χ1) is 14.2. The van der Waals surface area contributed by atoms with Crippen molar-refractivity contribution in [3.8, 4) is 11.1 Å². The molecule has 0 aromatic heterocycles. The Morgan fingerprint density at radius 3 is 2.21 bits per heavy atom. The summed E-state index contributed by atoms with van der Waals surface area (Å²) in [6, 6.07) is 27.1. The van der Waals surface area contributed by atoms with Gasteiger partial charge < -0.3 is 15.4 Å². The number of carbonyl (C=O) groups is 2. The molecule has 0 saturated heterocycles. The molecule has 29 heavy (non-hydrogen) atoms. The van der Waals surface area contributed by atoms with Crippen LogP contribution in [-0.4, -0.2) is 18.5 Å². The highest BCUT2D eigenvalue weighted by atomic mass is 16.5. The summed E-state index contributed by atoms with van der Waals surface area (Å²) >= 11 is 0. The van der Waals surface area contributed by atoms with Crippen molar-refractivity contribution in [3.63, 3.8) is 0 Å². The van der Waals surface area contributed by atoms with Crippen molar-refractivity contribution < 1.29 is 14.3 Å². The maximum Gasteiger partial charge on any atom is 0.407 e. The molecule has 0 saturated carbocycles. The van der Waals surface area contributed by atoms with E-state index in [0.717, 1.165) is 22.4 Å². The van der Waals surface area contributed by atoms with E-state index in [0.29, 0.717) is 19.4 Å². The molecule has 0 spiro atoms. The predicted octanol–water partition coefficient (Wildman–Crippen LogP) is 5.00. The van der Waals surface area contributed by atoms with E-state index in [2.05, 4.69) is 10.6 Å². The van der Waals surface area contributed by atoms with Crippen molar-refractivity contribution in [1.82, 2.24) is 5.32 Å². The summed E-state index contributed by atoms with van der Waals surface area (Å²) in [4.78, 5) is 24.0. The zero-order valence-electron chi connectivity index (χ0n) is 16.1. The number of amides is 2. The molecule has 0 heterocycles. The predicted molar refractivity (Wildman–Crippen MR) is 114 cm³/mol. The fourth-order valence-electron chi connectivity index (χ4n) is 2.89. The SMILES string of the molecule is O=C(CCCNC(=O)OCc1ccccc1)Nc1ccccc1-c1ccccc1. The number of hydrogen-bond acceptors (Lipinski definition) is 3. The Morgan fingerprint density at radius 2 is 1.45 bits per heavy atom. The van der Waals surface area contributed by atoms with Crippen LogP contribution in [0.3, 0.4) is 0 Å². The van der Waals surface area contributed by atoms with Crippen molar-refractivity contribution >= 4 is 17.7 Å². The van der Waals surface area contributed by atoms with Crippen molar-refractivity contribution in [2.24, 2.45) is 0 Å². The first-order valence-electron chi connectivity index (χ1n) is 9.61. The van der Waals surface area contributed by atoms with E-state index in [-0.39, 0.29) is 12.5 Å². The Hall–Kier alpha value is -3.60. The van der Waals surface area contributed by atoms with Crippen LogP contribution in [0.5, 0.6) is 0 Å². The second-order valence-electron chi connectivity index (χ2n) is 6.55. The highest BCUT2D eigenvalue weighted by Crippen LogP contribution is 2.27. The number of benzene rings is 3. The first kappa shape index (κ1) is 20.1. The number of nitrogens with one attached hydrogen (secondary N) is 2. The summed E-state index contributed by atoms with van der Waals surface area (Å²) in [5, 5.41) is 5.63. The molecule has 0 aliphatic heterocycles. The summed E-state index contributed by atoms with van der Waals surface area (Å²) in [6.45, 7) is 0.602. The molecule has 0 atom stereocenters. The zero-order chi connectivity index (χ0) is 20.3. The lowest BCUT2D eigenvalue weighted by atomic mass is 10.0. The molecule has 0 aliphatic carbocycles. The topological polar surface area (TPSA) is 67.4 Å². The van der Waals surface area contributed by atoms with Crippen LogP contribution in [0.2, 0.25) is 0 Å². The highest BCUT2D eigenvalue weighted by Gasteiger charge is 2.08. The lowest BCUT2D eigenvalue weighted by Crippen LogP contribution is -2.26. The number of carbonyl (C=O) groups excluding carboxylic acids is 2. The summed E-state index contributed by atoms with van der Waals surface area (Å²) in [7, 11) is 0. The normalized spacial score (nSPS) is 10.2. The third-order valence-corrected chi connectivity index (χ3v) is 4.35. The molecule has 3 aromatic carbocycles. The first-order valence-corrected chi connectivity index (χ1v) is 9.61. The van der Waals surface area contributed by atoms with Gasteiger partial charge in [0.15, 0.2) is 0 Å². The minimum absolute atomic E-state index is 0.0900. The number of alkyl carbamates (subject to hydrolysis) is 1. The van der Waals surface area contributed by atoms with Crippen LogP contribution in [0.15, 0.2) is 84.9 Å². The van der Waals surface area contributed by atoms with Crippen LogP contribution >= 0.6 is 0 Å². The zero-order valence-corrected chi connectivity index (χ0v) is 16.1. The van der Waals surface area contributed by atoms with Gasteiger partial charge in [0, 0.05) is 24.2 Å². The van der Waals surface area contributed by atoms with Crippen LogP contribution in [0.25, 0.3) is 11.1 Å². The van der Waals surface area contributed by atoms with Gasteiger partial charge in [-0.15, -0.1) is 0 Å². The smallest absolute Gasteiger partial charge is 0.407 e. The van der Waals surface area contributed by atoms with Gasteiger partial charge in [-0.05, 0) is 23.6 Å². The molecule has 0 bridgehead atoms. The van der Waals surface area contributed by atoms with Crippen molar-refractivity contribution in [3.05, 3.63) is 90.5 Å². The lowest BCUT2D eigenvalue weighted by molar-refractivity contribution is -0.116. The van der Waals surface area contributed by atoms with Crippen LogP contribution < -0.4 is 10.6 Å². The standard InChI is InChI=1S/C24H24N2O3/c27-23(16-9-17-25-24(28)29-18-19-10-3-1-4-11-19)26-22-15-8-7-14-21(22)20-12-5-2-6-13-20/h1-8,10-15H,9,16-18H2,(H,25,28)(H,26,27). The fourth-order valence-corrected chi connectivity index (χ4v) is 2.89. The van der Waals surface area contributed by atoms with E-state index in [9.17, 15) is 9.59 Å². The quantitative estimate of drug-likeness (QED) is 0.534. The van der Waals surface area contributed by atoms with Crippen molar-refractivity contribution in [1.29, 1.82) is 0 Å².